The SMILES string of the molecule is Cc1cnccc1C(=O)Nc1cnc(-n2c(C(F)(F)F)nc3cc(C(=O)O)ccc32)cn1. The number of carbonyl (C=O) groups is 2. The Morgan fingerprint density at radius 1 is 1.09 bits per heavy atom. The van der Waals surface area contributed by atoms with Gasteiger partial charge in [-0.25, -0.2) is 19.7 Å². The molecule has 0 unspecified atom stereocenters. The topological polar surface area (TPSA) is 123 Å². The third-order valence-corrected chi connectivity index (χ3v) is 4.53. The Morgan fingerprint density at radius 3 is 2.50 bits per heavy atom. The smallest absolute Gasteiger partial charge is 0.450 e. The van der Waals surface area contributed by atoms with Crippen molar-refractivity contribution < 1.29 is 27.9 Å². The molecular formula is C20H13F3N6O3. The number of aromatic carboxylic acids is 1. The van der Waals surface area contributed by atoms with E-state index >= 15 is 0 Å². The van der Waals surface area contributed by atoms with Crippen molar-refractivity contribution in [3.63, 3.8) is 0 Å². The van der Waals surface area contributed by atoms with Gasteiger partial charge in [0.1, 0.15) is 0 Å². The van der Waals surface area contributed by atoms with Gasteiger partial charge in [-0.2, -0.15) is 13.2 Å². The van der Waals surface area contributed by atoms with E-state index in [-0.39, 0.29) is 28.2 Å². The van der Waals surface area contributed by atoms with Gasteiger partial charge < -0.3 is 10.4 Å². The first-order valence-corrected chi connectivity index (χ1v) is 9.02. The normalized spacial score (nSPS) is 11.5. The molecule has 9 nitrogen and oxygen atoms in total. The molecule has 32 heavy (non-hydrogen) atoms. The molecule has 0 aliphatic rings. The number of fused-ring (bicyclic) bond motifs is 1. The predicted molar refractivity (Wildman–Crippen MR) is 106 cm³/mol. The molecule has 0 saturated heterocycles. The fourth-order valence-electron chi connectivity index (χ4n) is 3.05. The number of halogens is 3. The Labute approximate surface area is 177 Å². The van der Waals surface area contributed by atoms with E-state index in [1.54, 1.807) is 6.92 Å². The van der Waals surface area contributed by atoms with Crippen LogP contribution >= 0.6 is 0 Å². The number of aryl methyl sites for hydroxylation is 1. The van der Waals surface area contributed by atoms with Gasteiger partial charge >= 0.3 is 12.1 Å². The number of pyridine rings is 1. The van der Waals surface area contributed by atoms with Crippen LogP contribution in [-0.4, -0.2) is 41.5 Å². The number of carboxylic acid groups (broad SMARTS) is 1. The van der Waals surface area contributed by atoms with Crippen molar-refractivity contribution in [1.82, 2.24) is 24.5 Å². The highest BCUT2D eigenvalue weighted by molar-refractivity contribution is 6.04. The van der Waals surface area contributed by atoms with E-state index in [0.29, 0.717) is 11.1 Å². The minimum atomic E-state index is -4.84. The zero-order chi connectivity index (χ0) is 23.0. The van der Waals surface area contributed by atoms with E-state index in [1.807, 2.05) is 0 Å². The average Bonchev–Trinajstić information content (AvgIpc) is 3.14. The van der Waals surface area contributed by atoms with Crippen LogP contribution in [0.15, 0.2) is 49.1 Å². The Hall–Kier alpha value is -4.35. The van der Waals surface area contributed by atoms with Gasteiger partial charge in [0, 0.05) is 18.0 Å². The summed E-state index contributed by atoms with van der Waals surface area (Å²) in [5.41, 5.74) is 0.631. The van der Waals surface area contributed by atoms with Crippen LogP contribution in [0.2, 0.25) is 0 Å². The number of nitrogens with one attached hydrogen (secondary N) is 1. The fourth-order valence-corrected chi connectivity index (χ4v) is 3.05. The molecule has 0 spiro atoms. The van der Waals surface area contributed by atoms with E-state index < -0.39 is 23.9 Å². The first-order chi connectivity index (χ1) is 15.1. The highest BCUT2D eigenvalue weighted by Gasteiger charge is 2.38. The highest BCUT2D eigenvalue weighted by Crippen LogP contribution is 2.33. The van der Waals surface area contributed by atoms with Crippen molar-refractivity contribution in [2.45, 2.75) is 13.1 Å². The maximum atomic E-state index is 13.6. The van der Waals surface area contributed by atoms with E-state index in [2.05, 4.69) is 25.3 Å². The lowest BCUT2D eigenvalue weighted by atomic mass is 10.1. The number of hydrogen-bond acceptors (Lipinski definition) is 6. The minimum Gasteiger partial charge on any atom is -0.478 e. The summed E-state index contributed by atoms with van der Waals surface area (Å²) in [6.45, 7) is 1.70. The number of imidazole rings is 1. The first kappa shape index (κ1) is 20.9. The lowest BCUT2D eigenvalue weighted by molar-refractivity contribution is -0.145. The van der Waals surface area contributed by atoms with Gasteiger partial charge in [-0.15, -0.1) is 0 Å². The van der Waals surface area contributed by atoms with Gasteiger partial charge in [0.25, 0.3) is 5.91 Å². The second kappa shape index (κ2) is 7.72. The van der Waals surface area contributed by atoms with Gasteiger partial charge in [-0.1, -0.05) is 0 Å². The number of anilines is 1. The number of amides is 1. The molecule has 3 heterocycles. The van der Waals surface area contributed by atoms with Crippen LogP contribution in [0.25, 0.3) is 16.9 Å². The first-order valence-electron chi connectivity index (χ1n) is 9.02. The summed E-state index contributed by atoms with van der Waals surface area (Å²) in [5.74, 6) is -3.23. The second-order valence-corrected chi connectivity index (χ2v) is 6.68. The van der Waals surface area contributed by atoms with E-state index in [4.69, 9.17) is 5.11 Å². The molecule has 162 valence electrons. The maximum absolute atomic E-state index is 13.6. The van der Waals surface area contributed by atoms with Crippen LogP contribution < -0.4 is 5.32 Å². The second-order valence-electron chi connectivity index (χ2n) is 6.68. The van der Waals surface area contributed by atoms with Crippen LogP contribution in [0.1, 0.15) is 32.1 Å². The summed E-state index contributed by atoms with van der Waals surface area (Å²) in [5, 5.41) is 11.6. The molecule has 1 amide bonds. The van der Waals surface area contributed by atoms with E-state index in [9.17, 15) is 22.8 Å². The monoisotopic (exact) mass is 442 g/mol. The number of hydrogen-bond donors (Lipinski definition) is 2. The molecule has 4 aromatic rings. The van der Waals surface area contributed by atoms with Gasteiger partial charge in [0.15, 0.2) is 11.6 Å². The lowest BCUT2D eigenvalue weighted by Gasteiger charge is -2.11. The third-order valence-electron chi connectivity index (χ3n) is 4.53. The number of nitrogens with zero attached hydrogens (tertiary/aromatic N) is 5. The molecule has 2 N–H and O–H groups in total. The zero-order valence-corrected chi connectivity index (χ0v) is 16.3. The summed E-state index contributed by atoms with van der Waals surface area (Å²) in [7, 11) is 0. The molecule has 4 rings (SSSR count). The van der Waals surface area contributed by atoms with Gasteiger partial charge in [0.2, 0.25) is 5.82 Å². The summed E-state index contributed by atoms with van der Waals surface area (Å²) in [6, 6.07) is 4.94. The number of benzene rings is 1. The van der Waals surface area contributed by atoms with E-state index in [1.165, 1.54) is 30.6 Å². The summed E-state index contributed by atoms with van der Waals surface area (Å²) in [4.78, 5) is 38.9. The molecule has 1 aromatic carbocycles. The van der Waals surface area contributed by atoms with Crippen LogP contribution in [0.5, 0.6) is 0 Å². The van der Waals surface area contributed by atoms with Crippen LogP contribution in [0.3, 0.4) is 0 Å². The summed E-state index contributed by atoms with van der Waals surface area (Å²) >= 11 is 0. The molecule has 0 radical (unpaired) electrons. The van der Waals surface area contributed by atoms with Crippen LogP contribution in [0.4, 0.5) is 19.0 Å². The van der Waals surface area contributed by atoms with Crippen LogP contribution in [0, 0.1) is 6.92 Å². The van der Waals surface area contributed by atoms with Crippen molar-refractivity contribution in [1.29, 1.82) is 0 Å². The molecule has 0 fully saturated rings. The molecule has 12 heteroatoms. The molecule has 0 bridgehead atoms. The number of rotatable bonds is 4. The summed E-state index contributed by atoms with van der Waals surface area (Å²) in [6.07, 6.45) is 0.297. The molecular weight excluding hydrogens is 429 g/mol. The maximum Gasteiger partial charge on any atom is 0.450 e. The van der Waals surface area contributed by atoms with Gasteiger partial charge in [0.05, 0.1) is 29.0 Å². The summed E-state index contributed by atoms with van der Waals surface area (Å²) < 4.78 is 41.5. The standard InChI is InChI=1S/C20H13F3N6O3/c1-10-7-24-5-4-12(10)17(30)28-15-8-26-16(9-25-15)29-14-3-2-11(18(31)32)6-13(14)27-19(29)20(21,22)23/h2-9H,1H3,(H,31,32)(H,25,28,30). The van der Waals surface area contributed by atoms with Crippen molar-refractivity contribution in [3.8, 4) is 5.82 Å². The quantitative estimate of drug-likeness (QED) is 0.496. The Kier molecular flexibility index (Phi) is 5.04. The predicted octanol–water partition coefficient (Wildman–Crippen LogP) is 3.49. The number of aromatic nitrogens is 5. The molecule has 0 saturated carbocycles. The fraction of sp³-hybridized carbons (Fsp3) is 0.100. The molecule has 0 aliphatic carbocycles. The Balaban J connectivity index is 1.72. The van der Waals surface area contributed by atoms with Crippen molar-refractivity contribution >= 4 is 28.7 Å². The average molecular weight is 442 g/mol. The number of carbonyl (C=O) groups excluding carboxylic acids is 1. The lowest BCUT2D eigenvalue weighted by Crippen LogP contribution is -2.16. The minimum absolute atomic E-state index is 0.000760. The van der Waals surface area contributed by atoms with Crippen molar-refractivity contribution in [2.24, 2.45) is 0 Å². The molecule has 0 atom stereocenters. The van der Waals surface area contributed by atoms with Crippen LogP contribution in [-0.2, 0) is 6.18 Å². The number of alkyl halides is 3. The molecule has 0 aliphatic heterocycles. The molecule has 3 aromatic heterocycles. The number of carboxylic acids is 1. The Morgan fingerprint density at radius 2 is 1.88 bits per heavy atom. The van der Waals surface area contributed by atoms with Crippen molar-refractivity contribution in [3.05, 3.63) is 71.6 Å². The highest BCUT2D eigenvalue weighted by atomic mass is 19.4. The van der Waals surface area contributed by atoms with Gasteiger partial charge in [-0.3, -0.25) is 14.3 Å². The third kappa shape index (κ3) is 3.85. The Bertz CT molecular complexity index is 1350. The van der Waals surface area contributed by atoms with Gasteiger partial charge in [-0.05, 0) is 36.8 Å². The largest absolute Gasteiger partial charge is 0.478 e. The zero-order valence-electron chi connectivity index (χ0n) is 16.3. The van der Waals surface area contributed by atoms with E-state index in [0.717, 1.165) is 23.0 Å². The van der Waals surface area contributed by atoms with Crippen molar-refractivity contribution in [2.75, 3.05) is 5.32 Å².